The van der Waals surface area contributed by atoms with E-state index in [9.17, 15) is 4.91 Å². The number of nitroso groups, excluding NO2 is 1. The van der Waals surface area contributed by atoms with E-state index in [4.69, 9.17) is 6.85 Å². The summed E-state index contributed by atoms with van der Waals surface area (Å²) < 4.78 is 35.9. The Labute approximate surface area is 86.8 Å². The maximum atomic E-state index is 10.4. The van der Waals surface area contributed by atoms with Gasteiger partial charge >= 0.3 is 0 Å². The lowest BCUT2D eigenvalue weighted by Crippen LogP contribution is -2.08. The quantitative estimate of drug-likeness (QED) is 0.383. The van der Waals surface area contributed by atoms with E-state index < -0.39 is 13.5 Å². The van der Waals surface area contributed by atoms with Gasteiger partial charge in [-0.05, 0) is 26.8 Å². The Morgan fingerprint density at radius 2 is 2.38 bits per heavy atom. The molecule has 0 bridgehead atoms. The highest BCUT2D eigenvalue weighted by atomic mass is 16.3. The van der Waals surface area contributed by atoms with Gasteiger partial charge in [0.2, 0.25) is 0 Å². The average molecular weight is 185 g/mol. The highest BCUT2D eigenvalue weighted by molar-refractivity contribution is 5.19. The van der Waals surface area contributed by atoms with Crippen LogP contribution in [-0.4, -0.2) is 18.5 Å². The smallest absolute Gasteiger partial charge is 0.0579 e. The zero-order chi connectivity index (χ0) is 14.6. The molecule has 0 aliphatic heterocycles. The third-order valence-electron chi connectivity index (χ3n) is 0.892. The molecule has 0 N–H and O–H groups in total. The minimum atomic E-state index is -2.94. The van der Waals surface area contributed by atoms with Crippen LogP contribution in [0, 0.1) is 22.2 Å². The van der Waals surface area contributed by atoms with Crippen molar-refractivity contribution in [1.82, 2.24) is 5.01 Å². The number of allylic oxidation sites excluding steroid dienone is 1. The fraction of sp³-hybridized carbons (Fsp3) is 0.600. The zero-order valence-electron chi connectivity index (χ0n) is 13.0. The third-order valence-corrected chi connectivity index (χ3v) is 0.892. The van der Waals surface area contributed by atoms with Crippen LogP contribution in [0.4, 0.5) is 0 Å². The molecule has 0 aliphatic rings. The summed E-state index contributed by atoms with van der Waals surface area (Å²) in [5.74, 6) is 5.41. The average Bonchev–Trinajstić information content (AvgIpc) is 2.09. The lowest BCUT2D eigenvalue weighted by molar-refractivity contribution is 0.389. The fourth-order valence-electron chi connectivity index (χ4n) is 0.431. The first-order valence-corrected chi connectivity index (χ1v) is 3.74. The maximum Gasteiger partial charge on any atom is 0.0579 e. The number of rotatable bonds is 3. The van der Waals surface area contributed by atoms with Crippen LogP contribution < -0.4 is 0 Å². The Balaban J connectivity index is 4.99. The normalized spacial score (nSPS) is 18.5. The largest absolute Gasteiger partial charge is 0.260 e. The summed E-state index contributed by atoms with van der Waals surface area (Å²) in [6, 6.07) is 0. The van der Waals surface area contributed by atoms with Crippen LogP contribution in [0.5, 0.6) is 0 Å². The van der Waals surface area contributed by atoms with E-state index in [1.54, 1.807) is 0 Å². The molecule has 0 unspecified atom stereocenters. The first-order chi connectivity index (χ1) is 7.90. The molecule has 0 heterocycles. The maximum absolute atomic E-state index is 10.4. The molecular weight excluding hydrogens is 164 g/mol. The van der Waals surface area contributed by atoms with Crippen molar-refractivity contribution < 1.29 is 6.85 Å². The van der Waals surface area contributed by atoms with E-state index in [0.717, 1.165) is 6.08 Å². The lowest BCUT2D eigenvalue weighted by Gasteiger charge is -2.06. The molecule has 0 fully saturated rings. The lowest BCUT2D eigenvalue weighted by atomic mass is 9.98. The molecule has 0 radical (unpaired) electrons. The molecule has 0 saturated carbocycles. The molecule has 0 amide bonds. The number of hydrogen-bond acceptors (Lipinski definition) is 2. The Morgan fingerprint density at radius 3 is 2.85 bits per heavy atom. The summed E-state index contributed by atoms with van der Waals surface area (Å²) in [4.78, 5) is 10.4. The van der Waals surface area contributed by atoms with E-state index in [2.05, 4.69) is 17.1 Å². The van der Waals surface area contributed by atoms with Gasteiger partial charge in [-0.3, -0.25) is 5.01 Å². The topological polar surface area (TPSA) is 32.7 Å². The summed E-state index contributed by atoms with van der Waals surface area (Å²) in [5, 5.41) is 2.09. The summed E-state index contributed by atoms with van der Waals surface area (Å²) in [6.45, 7) is 0.186. The van der Waals surface area contributed by atoms with Crippen LogP contribution in [0.25, 0.3) is 0 Å². The predicted molar refractivity (Wildman–Crippen MR) is 54.8 cm³/mol. The van der Waals surface area contributed by atoms with Gasteiger partial charge in [0, 0.05) is 16.5 Å². The minimum absolute atomic E-state index is 0.116. The van der Waals surface area contributed by atoms with Crippen LogP contribution >= 0.6 is 0 Å². The Hall–Kier alpha value is -1.30. The molecule has 0 aromatic carbocycles. The van der Waals surface area contributed by atoms with Gasteiger partial charge in [-0.1, -0.05) is 17.9 Å². The fourth-order valence-corrected chi connectivity index (χ4v) is 0.431. The van der Waals surface area contributed by atoms with E-state index >= 15 is 0 Å². The van der Waals surface area contributed by atoms with Crippen molar-refractivity contribution in [3.05, 3.63) is 17.1 Å². The molecule has 13 heavy (non-hydrogen) atoms. The van der Waals surface area contributed by atoms with Gasteiger partial charge in [0.25, 0.3) is 0 Å². The highest BCUT2D eigenvalue weighted by Crippen LogP contribution is 2.09. The standard InChI is InChI=1S/C10H16N2O/c1-10(2,3)8-6-5-7-9-12(4)11-13/h5,7H,9H2,1-4H3/b7-5+/i4D3,9D2. The van der Waals surface area contributed by atoms with E-state index in [0.29, 0.717) is 0 Å². The molecule has 0 saturated heterocycles. The van der Waals surface area contributed by atoms with Crippen molar-refractivity contribution in [3.63, 3.8) is 0 Å². The minimum Gasteiger partial charge on any atom is -0.260 e. The Bertz CT molecular complexity index is 384. The van der Waals surface area contributed by atoms with E-state index in [-0.39, 0.29) is 10.4 Å². The molecular formula is C10H16N2O. The SMILES string of the molecule is [2H]C([2H])([2H])N(N=O)C([2H])([2H])/C=C/C#CC(C)(C)C. The van der Waals surface area contributed by atoms with Crippen molar-refractivity contribution in [2.75, 3.05) is 13.5 Å². The van der Waals surface area contributed by atoms with Crippen LogP contribution in [0.3, 0.4) is 0 Å². The van der Waals surface area contributed by atoms with Gasteiger partial charge in [-0.25, -0.2) is 0 Å². The van der Waals surface area contributed by atoms with Gasteiger partial charge in [0.05, 0.1) is 14.5 Å². The molecule has 0 atom stereocenters. The van der Waals surface area contributed by atoms with Crippen LogP contribution in [0.15, 0.2) is 17.4 Å². The highest BCUT2D eigenvalue weighted by Gasteiger charge is 2.02. The monoisotopic (exact) mass is 185 g/mol. The molecule has 0 aliphatic carbocycles. The summed E-state index contributed by atoms with van der Waals surface area (Å²) in [5.41, 5.74) is -0.246. The van der Waals surface area contributed by atoms with Crippen molar-refractivity contribution in [1.29, 1.82) is 0 Å². The number of hydrogen-bond donors (Lipinski definition) is 0. The summed E-state index contributed by atoms with van der Waals surface area (Å²) in [6.07, 6.45) is 2.06. The summed E-state index contributed by atoms with van der Waals surface area (Å²) >= 11 is 0. The van der Waals surface area contributed by atoms with Crippen LogP contribution in [0.2, 0.25) is 0 Å². The van der Waals surface area contributed by atoms with Crippen molar-refractivity contribution in [2.24, 2.45) is 10.7 Å². The molecule has 72 valence electrons. The second-order valence-corrected chi connectivity index (χ2v) is 3.38. The van der Waals surface area contributed by atoms with Gasteiger partial charge < -0.3 is 0 Å². The van der Waals surface area contributed by atoms with Crippen LogP contribution in [0.1, 0.15) is 27.6 Å². The molecule has 3 nitrogen and oxygen atoms in total. The third kappa shape index (κ3) is 8.61. The number of likely N-dealkylation sites (N-methyl/N-ethyl adjacent to an activating group) is 1. The number of nitrogens with zero attached hydrogens (tertiary/aromatic N) is 2. The van der Waals surface area contributed by atoms with E-state index in [1.807, 2.05) is 20.8 Å². The van der Waals surface area contributed by atoms with Gasteiger partial charge in [0.15, 0.2) is 0 Å². The molecule has 0 spiro atoms. The molecule has 0 rings (SSSR count). The Morgan fingerprint density at radius 1 is 1.69 bits per heavy atom. The molecule has 0 aromatic rings. The zero-order valence-corrected chi connectivity index (χ0v) is 7.96. The van der Waals surface area contributed by atoms with Crippen molar-refractivity contribution >= 4 is 0 Å². The molecule has 0 aromatic heterocycles. The van der Waals surface area contributed by atoms with Crippen molar-refractivity contribution in [3.8, 4) is 11.8 Å². The Kier molecular flexibility index (Phi) is 2.24. The van der Waals surface area contributed by atoms with Crippen LogP contribution in [-0.2, 0) is 0 Å². The summed E-state index contributed by atoms with van der Waals surface area (Å²) in [7, 11) is 0. The predicted octanol–water partition coefficient (Wildman–Crippen LogP) is 2.21. The van der Waals surface area contributed by atoms with Gasteiger partial charge in [-0.2, -0.15) is 0 Å². The second kappa shape index (κ2) is 5.36. The second-order valence-electron chi connectivity index (χ2n) is 3.38. The van der Waals surface area contributed by atoms with Gasteiger partial charge in [0.1, 0.15) is 0 Å². The first kappa shape index (κ1) is 5.43. The van der Waals surface area contributed by atoms with Gasteiger partial charge in [-0.15, -0.1) is 4.91 Å². The van der Waals surface area contributed by atoms with Crippen molar-refractivity contribution in [2.45, 2.75) is 20.8 Å². The van der Waals surface area contributed by atoms with E-state index in [1.165, 1.54) is 6.08 Å². The first-order valence-electron chi connectivity index (χ1n) is 6.24. The molecule has 3 heteroatoms.